The number of hydrazone groups is 1. The molecule has 0 spiro atoms. The van der Waals surface area contributed by atoms with Gasteiger partial charge in [-0.25, -0.2) is 10.2 Å². The van der Waals surface area contributed by atoms with Crippen LogP contribution < -0.4 is 20.2 Å². The molecule has 0 heterocycles. The first-order valence-corrected chi connectivity index (χ1v) is 10.1. The number of ether oxygens (including phenoxy) is 2. The maximum atomic E-state index is 12.0. The number of rotatable bonds is 8. The Hall–Kier alpha value is -4.31. The van der Waals surface area contributed by atoms with Crippen LogP contribution in [0.3, 0.4) is 0 Å². The number of nitrogens with zero attached hydrogens (tertiary/aromatic N) is 2. The molecule has 0 aliphatic carbocycles. The number of carbonyl (C=O) groups is 1. The number of hydrogen-bond acceptors (Lipinski definition) is 5. The first kappa shape index (κ1) is 22.4. The molecule has 0 aromatic heterocycles. The summed E-state index contributed by atoms with van der Waals surface area (Å²) < 4.78 is 11.6. The number of benzene rings is 3. The van der Waals surface area contributed by atoms with Crippen molar-refractivity contribution < 1.29 is 14.3 Å². The van der Waals surface area contributed by atoms with Gasteiger partial charge in [-0.3, -0.25) is 0 Å². The Kier molecular flexibility index (Phi) is 7.82. The molecule has 0 radical (unpaired) electrons. The lowest BCUT2D eigenvalue weighted by Crippen LogP contribution is -2.24. The molecule has 0 saturated heterocycles. The Morgan fingerprint density at radius 3 is 2.59 bits per heavy atom. The molecule has 0 saturated carbocycles. The molecule has 7 heteroatoms. The minimum Gasteiger partial charge on any atom is -0.490 e. The molecule has 3 aromatic rings. The molecule has 0 aliphatic heterocycles. The van der Waals surface area contributed by atoms with Gasteiger partial charge in [0.15, 0.2) is 11.5 Å². The number of nitriles is 1. The van der Waals surface area contributed by atoms with Crippen molar-refractivity contribution >= 4 is 17.9 Å². The number of amides is 2. The molecule has 32 heavy (non-hydrogen) atoms. The van der Waals surface area contributed by atoms with Gasteiger partial charge in [-0.15, -0.1) is 0 Å². The van der Waals surface area contributed by atoms with E-state index >= 15 is 0 Å². The molecule has 3 aromatic carbocycles. The minimum absolute atomic E-state index is 0.248. The molecule has 2 N–H and O–H groups in total. The molecule has 0 aliphatic rings. The molecule has 0 unspecified atom stereocenters. The van der Waals surface area contributed by atoms with E-state index in [1.54, 1.807) is 24.3 Å². The molecule has 0 fully saturated rings. The van der Waals surface area contributed by atoms with Crippen molar-refractivity contribution in [1.82, 2.24) is 5.43 Å². The zero-order chi connectivity index (χ0) is 22.8. The minimum atomic E-state index is -0.439. The second kappa shape index (κ2) is 11.2. The van der Waals surface area contributed by atoms with Gasteiger partial charge in [0.1, 0.15) is 6.61 Å². The van der Waals surface area contributed by atoms with Crippen molar-refractivity contribution in [3.63, 3.8) is 0 Å². The van der Waals surface area contributed by atoms with Crippen LogP contribution in [-0.4, -0.2) is 18.9 Å². The van der Waals surface area contributed by atoms with E-state index in [-0.39, 0.29) is 6.61 Å². The average Bonchev–Trinajstić information content (AvgIpc) is 2.80. The summed E-state index contributed by atoms with van der Waals surface area (Å²) >= 11 is 0. The lowest BCUT2D eigenvalue weighted by atomic mass is 10.1. The largest absolute Gasteiger partial charge is 0.490 e. The summed E-state index contributed by atoms with van der Waals surface area (Å²) in [6.07, 6.45) is 1.52. The molecule has 7 nitrogen and oxygen atoms in total. The van der Waals surface area contributed by atoms with Gasteiger partial charge in [-0.1, -0.05) is 35.9 Å². The van der Waals surface area contributed by atoms with Crippen LogP contribution in [0.15, 0.2) is 71.8 Å². The Morgan fingerprint density at radius 1 is 1.06 bits per heavy atom. The molecule has 2 amide bonds. The molecule has 162 valence electrons. The van der Waals surface area contributed by atoms with Gasteiger partial charge in [0.25, 0.3) is 0 Å². The van der Waals surface area contributed by atoms with Gasteiger partial charge < -0.3 is 14.8 Å². The first-order valence-electron chi connectivity index (χ1n) is 10.1. The second-order valence-corrected chi connectivity index (χ2v) is 6.89. The highest BCUT2D eigenvalue weighted by molar-refractivity contribution is 5.90. The highest BCUT2D eigenvalue weighted by Gasteiger charge is 2.08. The third-order valence-electron chi connectivity index (χ3n) is 4.48. The highest BCUT2D eigenvalue weighted by Crippen LogP contribution is 2.29. The quantitative estimate of drug-likeness (QED) is 0.390. The first-order chi connectivity index (χ1) is 15.6. The predicted molar refractivity (Wildman–Crippen MR) is 124 cm³/mol. The van der Waals surface area contributed by atoms with Crippen molar-refractivity contribution in [2.45, 2.75) is 20.5 Å². The topological polar surface area (TPSA) is 95.7 Å². The van der Waals surface area contributed by atoms with Gasteiger partial charge in [-0.05, 0) is 55.8 Å². The van der Waals surface area contributed by atoms with Gasteiger partial charge >= 0.3 is 6.03 Å². The number of aryl methyl sites for hydroxylation is 1. The van der Waals surface area contributed by atoms with E-state index < -0.39 is 6.03 Å². The molecular formula is C25H24N4O3. The number of hydrogen-bond donors (Lipinski definition) is 2. The third kappa shape index (κ3) is 6.34. The van der Waals surface area contributed by atoms with Crippen LogP contribution in [0.5, 0.6) is 11.5 Å². The van der Waals surface area contributed by atoms with Gasteiger partial charge in [0.05, 0.1) is 24.5 Å². The highest BCUT2D eigenvalue weighted by atomic mass is 16.5. The molecular weight excluding hydrogens is 404 g/mol. The molecule has 0 atom stereocenters. The predicted octanol–water partition coefficient (Wildman–Crippen LogP) is 5.00. The Balaban J connectivity index is 1.62. The lowest BCUT2D eigenvalue weighted by molar-refractivity contribution is 0.252. The summed E-state index contributed by atoms with van der Waals surface area (Å²) in [5, 5.41) is 15.9. The summed E-state index contributed by atoms with van der Waals surface area (Å²) in [5.74, 6) is 1.11. The normalized spacial score (nSPS) is 10.4. The monoisotopic (exact) mass is 428 g/mol. The SMILES string of the molecule is CCOc1cc(/C=N/NC(=O)Nc2ccc(C)cc2)ccc1OCc1ccccc1C#N. The fourth-order valence-electron chi connectivity index (χ4n) is 2.86. The summed E-state index contributed by atoms with van der Waals surface area (Å²) in [7, 11) is 0. The van der Waals surface area contributed by atoms with Crippen LogP contribution in [0.25, 0.3) is 0 Å². The van der Waals surface area contributed by atoms with Crippen molar-refractivity contribution in [2.24, 2.45) is 5.10 Å². The number of nitrogens with one attached hydrogen (secondary N) is 2. The summed E-state index contributed by atoms with van der Waals surface area (Å²) in [6.45, 7) is 4.57. The summed E-state index contributed by atoms with van der Waals surface area (Å²) in [5.41, 5.74) is 6.33. The third-order valence-corrected chi connectivity index (χ3v) is 4.48. The van der Waals surface area contributed by atoms with Gasteiger partial charge in [-0.2, -0.15) is 10.4 Å². The van der Waals surface area contributed by atoms with Gasteiger partial charge in [0, 0.05) is 11.3 Å². The maximum Gasteiger partial charge on any atom is 0.339 e. The average molecular weight is 428 g/mol. The van der Waals surface area contributed by atoms with Crippen LogP contribution in [0.1, 0.15) is 29.2 Å². The van der Waals surface area contributed by atoms with Crippen LogP contribution >= 0.6 is 0 Å². The van der Waals surface area contributed by atoms with Crippen LogP contribution in [0.4, 0.5) is 10.5 Å². The van der Waals surface area contributed by atoms with Crippen molar-refractivity contribution in [3.8, 4) is 17.6 Å². The van der Waals surface area contributed by atoms with E-state index in [1.165, 1.54) is 6.21 Å². The standard InChI is InChI=1S/C25H24N4O3/c1-3-31-24-14-19(16-27-29-25(30)28-22-11-8-18(2)9-12-22)10-13-23(24)32-17-21-7-5-4-6-20(21)15-26/h4-14,16H,3,17H2,1-2H3,(H2,28,29,30)/b27-16+. The number of carbonyl (C=O) groups excluding carboxylic acids is 1. The van der Waals surface area contributed by atoms with Crippen molar-refractivity contribution in [1.29, 1.82) is 5.26 Å². The summed E-state index contributed by atoms with van der Waals surface area (Å²) in [6, 6.07) is 21.8. The van der Waals surface area contributed by atoms with Crippen molar-refractivity contribution in [3.05, 3.63) is 89.0 Å². The Bertz CT molecular complexity index is 1130. The van der Waals surface area contributed by atoms with Crippen molar-refractivity contribution in [2.75, 3.05) is 11.9 Å². The Morgan fingerprint density at radius 2 is 1.84 bits per heavy atom. The van der Waals surface area contributed by atoms with Crippen LogP contribution in [0, 0.1) is 18.3 Å². The van der Waals surface area contributed by atoms with E-state index in [1.807, 2.05) is 56.3 Å². The fourth-order valence-corrected chi connectivity index (χ4v) is 2.86. The van der Waals surface area contributed by atoms with Crippen LogP contribution in [-0.2, 0) is 6.61 Å². The maximum absolute atomic E-state index is 12.0. The molecule has 3 rings (SSSR count). The smallest absolute Gasteiger partial charge is 0.339 e. The van der Waals surface area contributed by atoms with Gasteiger partial charge in [0.2, 0.25) is 0 Å². The fraction of sp³-hybridized carbons (Fsp3) is 0.160. The lowest BCUT2D eigenvalue weighted by Gasteiger charge is -2.13. The van der Waals surface area contributed by atoms with E-state index in [9.17, 15) is 10.1 Å². The Labute approximate surface area is 187 Å². The van der Waals surface area contributed by atoms with E-state index in [0.29, 0.717) is 29.4 Å². The second-order valence-electron chi connectivity index (χ2n) is 6.89. The zero-order valence-electron chi connectivity index (χ0n) is 18.0. The number of urea groups is 1. The zero-order valence-corrected chi connectivity index (χ0v) is 18.0. The van der Waals surface area contributed by atoms with E-state index in [4.69, 9.17) is 9.47 Å². The van der Waals surface area contributed by atoms with Crippen LogP contribution in [0.2, 0.25) is 0 Å². The summed E-state index contributed by atoms with van der Waals surface area (Å²) in [4.78, 5) is 12.0. The van der Waals surface area contributed by atoms with E-state index in [2.05, 4.69) is 21.9 Å². The molecule has 0 bridgehead atoms. The van der Waals surface area contributed by atoms with E-state index in [0.717, 1.165) is 16.7 Å². The number of anilines is 1.